The number of nitrogens with two attached hydrogens (primary N) is 1. The maximum atomic E-state index is 13.2. The maximum absolute atomic E-state index is 13.2. The maximum Gasteiger partial charge on any atom is 0.416 e. The first-order chi connectivity index (χ1) is 15.0. The molecule has 11 heteroatoms. The summed E-state index contributed by atoms with van der Waals surface area (Å²) in [6.45, 7) is 1.91. The summed E-state index contributed by atoms with van der Waals surface area (Å²) >= 11 is 5.43. The van der Waals surface area contributed by atoms with Gasteiger partial charge in [0, 0.05) is 20.7 Å². The fourth-order valence-corrected chi connectivity index (χ4v) is 3.43. The Morgan fingerprint density at radius 2 is 1.81 bits per heavy atom. The minimum Gasteiger partial charge on any atom is -0.397 e. The van der Waals surface area contributed by atoms with Crippen LogP contribution in [0, 0.1) is 0 Å². The highest BCUT2D eigenvalue weighted by atomic mass is 32.1. The zero-order chi connectivity index (χ0) is 23.9. The van der Waals surface area contributed by atoms with Crippen molar-refractivity contribution in [2.24, 2.45) is 0 Å². The lowest BCUT2D eigenvalue weighted by Crippen LogP contribution is -2.48. The minimum atomic E-state index is -4.48. The van der Waals surface area contributed by atoms with Gasteiger partial charge in [-0.05, 0) is 48.5 Å². The number of carbonyl (C=O) groups is 1. The molecule has 0 aromatic heterocycles. The highest BCUT2D eigenvalue weighted by molar-refractivity contribution is 7.80. The molecule has 2 aromatic rings. The average Bonchev–Trinajstić information content (AvgIpc) is 2.73. The van der Waals surface area contributed by atoms with Crippen molar-refractivity contribution in [3.63, 3.8) is 0 Å². The van der Waals surface area contributed by atoms with E-state index in [1.54, 1.807) is 31.2 Å². The summed E-state index contributed by atoms with van der Waals surface area (Å²) in [6.07, 6.45) is -4.48. The number of alkyl halides is 3. The second-order valence-corrected chi connectivity index (χ2v) is 7.65. The summed E-state index contributed by atoms with van der Waals surface area (Å²) in [5.41, 5.74) is 6.13. The number of para-hydroxylation sites is 1. The van der Waals surface area contributed by atoms with Crippen molar-refractivity contribution in [1.29, 1.82) is 0 Å². The van der Waals surface area contributed by atoms with Gasteiger partial charge in [-0.1, -0.05) is 24.3 Å². The zero-order valence-electron chi connectivity index (χ0n) is 17.9. The van der Waals surface area contributed by atoms with Gasteiger partial charge in [0.2, 0.25) is 0 Å². The zero-order valence-corrected chi connectivity index (χ0v) is 18.7. The van der Waals surface area contributed by atoms with Gasteiger partial charge in [-0.15, -0.1) is 0 Å². The van der Waals surface area contributed by atoms with Crippen LogP contribution >= 0.6 is 12.2 Å². The molecule has 0 fully saturated rings. The Labute approximate surface area is 189 Å². The van der Waals surface area contributed by atoms with E-state index in [0.29, 0.717) is 22.5 Å². The van der Waals surface area contributed by atoms with E-state index in [2.05, 4.69) is 21.3 Å². The van der Waals surface area contributed by atoms with Crippen molar-refractivity contribution < 1.29 is 22.7 Å². The van der Waals surface area contributed by atoms with E-state index in [-0.39, 0.29) is 24.3 Å². The molecular formula is C21H26F3N5O2S. The Kier molecular flexibility index (Phi) is 8.28. The third-order valence-corrected chi connectivity index (χ3v) is 4.94. The number of carbonyl (C=O) groups excluding carboxylic acids is 1. The Morgan fingerprint density at radius 3 is 2.44 bits per heavy atom. The van der Waals surface area contributed by atoms with Gasteiger partial charge in [0.25, 0.3) is 0 Å². The average molecular weight is 470 g/mol. The van der Waals surface area contributed by atoms with Gasteiger partial charge in [-0.25, -0.2) is 4.79 Å². The standard InChI is InChI=1S/C21H26F3N5O2S/c1-20(12-31-3,14-7-5-8-15(10-14)21(22,23)24)29-19(32)28-17-13(6-4-9-16(17)25)11-27-18(30)26-2/h4-10H,11-12,25H2,1-3H3,(H2,26,27,30)(H2,28,29,32). The van der Waals surface area contributed by atoms with E-state index in [0.717, 1.165) is 12.1 Å². The quantitative estimate of drug-likeness (QED) is 0.314. The van der Waals surface area contributed by atoms with Crippen LogP contribution in [0.3, 0.4) is 0 Å². The second kappa shape index (κ2) is 10.5. The molecule has 0 aliphatic rings. The Balaban J connectivity index is 2.27. The van der Waals surface area contributed by atoms with E-state index in [1.807, 2.05) is 0 Å². The fourth-order valence-electron chi connectivity index (χ4n) is 3.10. The van der Waals surface area contributed by atoms with Crippen molar-refractivity contribution >= 4 is 34.7 Å². The molecule has 0 spiro atoms. The number of rotatable bonds is 7. The van der Waals surface area contributed by atoms with Crippen molar-refractivity contribution in [3.8, 4) is 0 Å². The molecule has 0 radical (unpaired) electrons. The molecule has 2 aromatic carbocycles. The molecule has 174 valence electrons. The smallest absolute Gasteiger partial charge is 0.397 e. The van der Waals surface area contributed by atoms with Gasteiger partial charge < -0.3 is 31.7 Å². The number of hydrogen-bond acceptors (Lipinski definition) is 4. The molecule has 1 atom stereocenters. The van der Waals surface area contributed by atoms with Gasteiger partial charge in [0.05, 0.1) is 29.1 Å². The number of hydrogen-bond donors (Lipinski definition) is 5. The lowest BCUT2D eigenvalue weighted by molar-refractivity contribution is -0.137. The minimum absolute atomic E-state index is 0.0471. The molecular weight excluding hydrogens is 443 g/mol. The van der Waals surface area contributed by atoms with Crippen molar-refractivity contribution in [3.05, 3.63) is 59.2 Å². The molecule has 0 bridgehead atoms. The molecule has 7 nitrogen and oxygen atoms in total. The highest BCUT2D eigenvalue weighted by Gasteiger charge is 2.34. The number of anilines is 2. The third-order valence-electron chi connectivity index (χ3n) is 4.74. The first-order valence-corrected chi connectivity index (χ1v) is 10.00. The van der Waals surface area contributed by atoms with Gasteiger partial charge in [0.15, 0.2) is 5.11 Å². The third kappa shape index (κ3) is 6.47. The van der Waals surface area contributed by atoms with E-state index in [4.69, 9.17) is 22.7 Å². The summed E-state index contributed by atoms with van der Waals surface area (Å²) in [5.74, 6) is 0. The van der Waals surface area contributed by atoms with Crippen molar-refractivity contribution in [2.45, 2.75) is 25.2 Å². The molecule has 0 heterocycles. The summed E-state index contributed by atoms with van der Waals surface area (Å²) in [7, 11) is 2.94. The van der Waals surface area contributed by atoms with Crippen LogP contribution in [0.4, 0.5) is 29.3 Å². The monoisotopic (exact) mass is 469 g/mol. The molecule has 32 heavy (non-hydrogen) atoms. The summed E-state index contributed by atoms with van der Waals surface area (Å²) in [5, 5.41) is 11.3. The molecule has 0 saturated carbocycles. The number of urea groups is 1. The van der Waals surface area contributed by atoms with E-state index in [9.17, 15) is 18.0 Å². The SMILES string of the molecule is CNC(=O)NCc1cccc(N)c1NC(=S)NC(C)(COC)c1cccc(C(F)(F)F)c1. The largest absolute Gasteiger partial charge is 0.416 e. The summed E-state index contributed by atoms with van der Waals surface area (Å²) < 4.78 is 44.8. The van der Waals surface area contributed by atoms with Gasteiger partial charge >= 0.3 is 12.2 Å². The van der Waals surface area contributed by atoms with Crippen LogP contribution in [-0.4, -0.2) is 31.9 Å². The summed E-state index contributed by atoms with van der Waals surface area (Å²) in [4.78, 5) is 11.5. The molecule has 0 aliphatic carbocycles. The molecule has 1 unspecified atom stereocenters. The van der Waals surface area contributed by atoms with Crippen molar-refractivity contribution in [1.82, 2.24) is 16.0 Å². The number of ether oxygens (including phenoxy) is 1. The van der Waals surface area contributed by atoms with E-state index >= 15 is 0 Å². The van der Waals surface area contributed by atoms with Gasteiger partial charge in [-0.3, -0.25) is 0 Å². The Bertz CT molecular complexity index is 971. The number of halogens is 3. The topological polar surface area (TPSA) is 100 Å². The predicted molar refractivity (Wildman–Crippen MR) is 122 cm³/mol. The van der Waals surface area contributed by atoms with E-state index < -0.39 is 17.3 Å². The second-order valence-electron chi connectivity index (χ2n) is 7.24. The Morgan fingerprint density at radius 1 is 1.16 bits per heavy atom. The number of thiocarbonyl (C=S) groups is 1. The normalized spacial score (nSPS) is 13.1. The number of amides is 2. The molecule has 0 aliphatic heterocycles. The van der Waals surface area contributed by atoms with Gasteiger partial charge in [0.1, 0.15) is 0 Å². The predicted octanol–water partition coefficient (Wildman–Crippen LogP) is 3.56. The van der Waals surface area contributed by atoms with Crippen LogP contribution in [0.2, 0.25) is 0 Å². The molecule has 2 amide bonds. The molecule has 6 N–H and O–H groups in total. The first kappa shape index (κ1) is 25.2. The fraction of sp³-hybridized carbons (Fsp3) is 0.333. The molecule has 2 rings (SSSR count). The van der Waals surface area contributed by atoms with Crippen LogP contribution in [0.15, 0.2) is 42.5 Å². The Hall–Kier alpha value is -3.05. The van der Waals surface area contributed by atoms with Crippen LogP contribution in [0.1, 0.15) is 23.6 Å². The van der Waals surface area contributed by atoms with Crippen LogP contribution in [-0.2, 0) is 23.0 Å². The lowest BCUT2D eigenvalue weighted by atomic mass is 9.91. The summed E-state index contributed by atoms with van der Waals surface area (Å²) in [6, 6.07) is 9.76. The van der Waals surface area contributed by atoms with Crippen molar-refractivity contribution in [2.75, 3.05) is 31.8 Å². The number of nitrogen functional groups attached to an aromatic ring is 1. The number of benzene rings is 2. The number of methoxy groups -OCH3 is 1. The van der Waals surface area contributed by atoms with E-state index in [1.165, 1.54) is 20.2 Å². The molecule has 0 saturated heterocycles. The van der Waals surface area contributed by atoms with Crippen LogP contribution in [0.25, 0.3) is 0 Å². The highest BCUT2D eigenvalue weighted by Crippen LogP contribution is 2.32. The van der Waals surface area contributed by atoms with Crippen LogP contribution < -0.4 is 27.0 Å². The number of nitrogens with one attached hydrogen (secondary N) is 4. The lowest BCUT2D eigenvalue weighted by Gasteiger charge is -2.33. The first-order valence-electron chi connectivity index (χ1n) is 9.59. The van der Waals surface area contributed by atoms with Crippen LogP contribution in [0.5, 0.6) is 0 Å². The van der Waals surface area contributed by atoms with Gasteiger partial charge in [-0.2, -0.15) is 13.2 Å².